The van der Waals surface area contributed by atoms with Gasteiger partial charge in [-0.05, 0) is 19.9 Å². The summed E-state index contributed by atoms with van der Waals surface area (Å²) in [6, 6.07) is 1.85. The third-order valence-electron chi connectivity index (χ3n) is 2.95. The molecule has 2 heterocycles. The number of amides is 1. The van der Waals surface area contributed by atoms with Gasteiger partial charge in [0.05, 0.1) is 23.6 Å². The van der Waals surface area contributed by atoms with Crippen molar-refractivity contribution >= 4 is 11.6 Å². The van der Waals surface area contributed by atoms with Gasteiger partial charge in [0.15, 0.2) is 0 Å². The van der Waals surface area contributed by atoms with Crippen molar-refractivity contribution in [3.8, 4) is 0 Å². The lowest BCUT2D eigenvalue weighted by atomic mass is 10.3. The highest BCUT2D eigenvalue weighted by atomic mass is 16.2. The lowest BCUT2D eigenvalue weighted by Gasteiger charge is -2.07. The predicted octanol–water partition coefficient (Wildman–Crippen LogP) is 0.0950. The second kappa shape index (κ2) is 5.55. The molecule has 0 aliphatic carbocycles. The van der Waals surface area contributed by atoms with Gasteiger partial charge in [-0.2, -0.15) is 10.2 Å². The average molecular weight is 262 g/mol. The van der Waals surface area contributed by atoms with Crippen LogP contribution in [0.4, 0.5) is 5.69 Å². The fourth-order valence-electron chi connectivity index (χ4n) is 1.80. The molecule has 0 saturated carbocycles. The van der Waals surface area contributed by atoms with Crippen LogP contribution in [-0.4, -0.2) is 32.0 Å². The van der Waals surface area contributed by atoms with Crippen molar-refractivity contribution in [3.63, 3.8) is 0 Å². The Morgan fingerprint density at radius 2 is 2.26 bits per heavy atom. The van der Waals surface area contributed by atoms with Crippen molar-refractivity contribution in [2.24, 2.45) is 0 Å². The van der Waals surface area contributed by atoms with Crippen LogP contribution in [0.15, 0.2) is 18.5 Å². The van der Waals surface area contributed by atoms with Gasteiger partial charge >= 0.3 is 0 Å². The number of nitrogens with zero attached hydrogens (tertiary/aromatic N) is 4. The molecule has 0 unspecified atom stereocenters. The summed E-state index contributed by atoms with van der Waals surface area (Å²) in [6.07, 6.45) is 3.56. The number of rotatable bonds is 5. The SMILES string of the molecule is Cc1nn(CC(=O)NCCn2cccn2)c(C)c1N. The van der Waals surface area contributed by atoms with Gasteiger partial charge in [-0.1, -0.05) is 0 Å². The lowest BCUT2D eigenvalue weighted by molar-refractivity contribution is -0.121. The van der Waals surface area contributed by atoms with E-state index in [2.05, 4.69) is 15.5 Å². The summed E-state index contributed by atoms with van der Waals surface area (Å²) in [5.74, 6) is -0.0854. The molecule has 7 heteroatoms. The summed E-state index contributed by atoms with van der Waals surface area (Å²) in [5, 5.41) is 11.1. The molecule has 1 amide bonds. The van der Waals surface area contributed by atoms with Gasteiger partial charge in [0, 0.05) is 18.9 Å². The minimum Gasteiger partial charge on any atom is -0.396 e. The zero-order chi connectivity index (χ0) is 13.8. The molecule has 0 fully saturated rings. The van der Waals surface area contributed by atoms with E-state index in [9.17, 15) is 4.79 Å². The van der Waals surface area contributed by atoms with E-state index in [1.165, 1.54) is 0 Å². The van der Waals surface area contributed by atoms with Crippen molar-refractivity contribution in [1.29, 1.82) is 0 Å². The molecule has 7 nitrogen and oxygen atoms in total. The predicted molar refractivity (Wildman–Crippen MR) is 71.4 cm³/mol. The first-order valence-corrected chi connectivity index (χ1v) is 6.11. The highest BCUT2D eigenvalue weighted by molar-refractivity contribution is 5.75. The maximum absolute atomic E-state index is 11.8. The molecule has 0 aliphatic rings. The third kappa shape index (κ3) is 3.12. The van der Waals surface area contributed by atoms with Crippen molar-refractivity contribution in [3.05, 3.63) is 29.8 Å². The van der Waals surface area contributed by atoms with Gasteiger partial charge in [-0.15, -0.1) is 0 Å². The fourth-order valence-corrected chi connectivity index (χ4v) is 1.80. The van der Waals surface area contributed by atoms with Crippen LogP contribution in [-0.2, 0) is 17.9 Å². The van der Waals surface area contributed by atoms with E-state index in [-0.39, 0.29) is 12.5 Å². The molecule has 2 aromatic heterocycles. The fraction of sp³-hybridized carbons (Fsp3) is 0.417. The van der Waals surface area contributed by atoms with Gasteiger partial charge in [0.25, 0.3) is 0 Å². The van der Waals surface area contributed by atoms with Crippen molar-refractivity contribution < 1.29 is 4.79 Å². The average Bonchev–Trinajstić information content (AvgIpc) is 2.96. The molecule has 0 atom stereocenters. The quantitative estimate of drug-likeness (QED) is 0.799. The summed E-state index contributed by atoms with van der Waals surface area (Å²) >= 11 is 0. The molecular weight excluding hydrogens is 244 g/mol. The number of nitrogen functional groups attached to an aromatic ring is 1. The van der Waals surface area contributed by atoms with Crippen molar-refractivity contribution in [1.82, 2.24) is 24.9 Å². The van der Waals surface area contributed by atoms with E-state index in [1.54, 1.807) is 15.6 Å². The maximum atomic E-state index is 11.8. The van der Waals surface area contributed by atoms with E-state index >= 15 is 0 Å². The van der Waals surface area contributed by atoms with E-state index in [4.69, 9.17) is 5.73 Å². The second-order valence-electron chi connectivity index (χ2n) is 4.36. The van der Waals surface area contributed by atoms with Crippen molar-refractivity contribution in [2.75, 3.05) is 12.3 Å². The summed E-state index contributed by atoms with van der Waals surface area (Å²) in [5.41, 5.74) is 8.03. The Bertz CT molecular complexity index is 557. The second-order valence-corrected chi connectivity index (χ2v) is 4.36. The highest BCUT2D eigenvalue weighted by Gasteiger charge is 2.10. The molecule has 3 N–H and O–H groups in total. The first-order valence-electron chi connectivity index (χ1n) is 6.11. The minimum atomic E-state index is -0.0854. The van der Waals surface area contributed by atoms with Crippen LogP contribution < -0.4 is 11.1 Å². The normalized spacial score (nSPS) is 10.6. The van der Waals surface area contributed by atoms with E-state index in [0.29, 0.717) is 18.8 Å². The van der Waals surface area contributed by atoms with E-state index in [0.717, 1.165) is 11.4 Å². The Balaban J connectivity index is 1.82. The van der Waals surface area contributed by atoms with Crippen LogP contribution in [0, 0.1) is 13.8 Å². The van der Waals surface area contributed by atoms with Gasteiger partial charge in [0.1, 0.15) is 6.54 Å². The van der Waals surface area contributed by atoms with Crippen molar-refractivity contribution in [2.45, 2.75) is 26.9 Å². The van der Waals surface area contributed by atoms with Crippen LogP contribution in [0.2, 0.25) is 0 Å². The molecular formula is C12H18N6O. The summed E-state index contributed by atoms with van der Waals surface area (Å²) in [7, 11) is 0. The Morgan fingerprint density at radius 1 is 1.47 bits per heavy atom. The summed E-state index contributed by atoms with van der Waals surface area (Å²) < 4.78 is 3.38. The summed E-state index contributed by atoms with van der Waals surface area (Å²) in [6.45, 7) is 5.05. The highest BCUT2D eigenvalue weighted by Crippen LogP contribution is 2.14. The monoisotopic (exact) mass is 262 g/mol. The number of hydrogen-bond acceptors (Lipinski definition) is 4. The van der Waals surface area contributed by atoms with E-state index < -0.39 is 0 Å². The summed E-state index contributed by atoms with van der Waals surface area (Å²) in [4.78, 5) is 11.8. The largest absolute Gasteiger partial charge is 0.396 e. The molecule has 0 radical (unpaired) electrons. The molecule has 0 spiro atoms. The Labute approximate surface area is 111 Å². The minimum absolute atomic E-state index is 0.0854. The zero-order valence-corrected chi connectivity index (χ0v) is 11.1. The Hall–Kier alpha value is -2.31. The number of hydrogen-bond donors (Lipinski definition) is 2. The number of nitrogens with one attached hydrogen (secondary N) is 1. The topological polar surface area (TPSA) is 90.8 Å². The van der Waals surface area contributed by atoms with Crippen LogP contribution in [0.5, 0.6) is 0 Å². The van der Waals surface area contributed by atoms with Crippen LogP contribution in [0.3, 0.4) is 0 Å². The standard InChI is InChI=1S/C12H18N6O/c1-9-12(13)10(2)18(16-9)8-11(19)14-5-7-17-6-3-4-15-17/h3-4,6H,5,7-8,13H2,1-2H3,(H,14,19). The first kappa shape index (κ1) is 13.1. The van der Waals surface area contributed by atoms with Crippen LogP contribution >= 0.6 is 0 Å². The van der Waals surface area contributed by atoms with Gasteiger partial charge in [-0.25, -0.2) is 0 Å². The zero-order valence-electron chi connectivity index (χ0n) is 11.1. The van der Waals surface area contributed by atoms with Crippen LogP contribution in [0.1, 0.15) is 11.4 Å². The number of carbonyl (C=O) groups is 1. The molecule has 0 aliphatic heterocycles. The Kier molecular flexibility index (Phi) is 3.84. The number of carbonyl (C=O) groups excluding carboxylic acids is 1. The molecule has 2 rings (SSSR count). The molecule has 19 heavy (non-hydrogen) atoms. The van der Waals surface area contributed by atoms with Gasteiger partial charge < -0.3 is 11.1 Å². The van der Waals surface area contributed by atoms with Crippen LogP contribution in [0.25, 0.3) is 0 Å². The lowest BCUT2D eigenvalue weighted by Crippen LogP contribution is -2.31. The number of anilines is 1. The number of aryl methyl sites for hydroxylation is 1. The molecule has 0 saturated heterocycles. The third-order valence-corrected chi connectivity index (χ3v) is 2.95. The van der Waals surface area contributed by atoms with E-state index in [1.807, 2.05) is 26.1 Å². The number of nitrogens with two attached hydrogens (primary N) is 1. The van der Waals surface area contributed by atoms with Gasteiger partial charge in [-0.3, -0.25) is 14.2 Å². The Morgan fingerprint density at radius 3 is 2.84 bits per heavy atom. The first-order chi connectivity index (χ1) is 9.08. The molecule has 2 aromatic rings. The molecule has 0 bridgehead atoms. The molecule has 0 aromatic carbocycles. The number of aromatic nitrogens is 4. The maximum Gasteiger partial charge on any atom is 0.241 e. The smallest absolute Gasteiger partial charge is 0.241 e. The van der Waals surface area contributed by atoms with Gasteiger partial charge in [0.2, 0.25) is 5.91 Å². The molecule has 102 valence electrons.